The molecule has 0 saturated heterocycles. The Kier molecular flexibility index (Phi) is 4.48. The molecule has 0 bridgehead atoms. The topological polar surface area (TPSA) is 38.7 Å². The highest BCUT2D eigenvalue weighted by molar-refractivity contribution is 5.44. The number of hydrogen-bond donors (Lipinski definition) is 1. The first-order valence-electron chi connectivity index (χ1n) is 6.80. The zero-order valence-electron chi connectivity index (χ0n) is 11.2. The van der Waals surface area contributed by atoms with Gasteiger partial charge in [-0.2, -0.15) is 0 Å². The molecule has 1 aromatic carbocycles. The minimum absolute atomic E-state index is 0.264. The number of benzene rings is 1. The summed E-state index contributed by atoms with van der Waals surface area (Å²) in [5.41, 5.74) is 0.917. The van der Waals surface area contributed by atoms with Crippen LogP contribution in [0.3, 0.4) is 0 Å². The largest absolute Gasteiger partial charge is 0.490 e. The Balaban J connectivity index is 2.17. The van der Waals surface area contributed by atoms with E-state index >= 15 is 0 Å². The quantitative estimate of drug-likeness (QED) is 0.891. The van der Waals surface area contributed by atoms with Crippen LogP contribution in [0.1, 0.15) is 44.8 Å². The van der Waals surface area contributed by atoms with Crippen molar-refractivity contribution in [2.45, 2.75) is 39.2 Å². The SMILES string of the molecule is CCCC(C)C(O)c1ccc2c(c1)OCCCO2. The normalized spacial score (nSPS) is 17.9. The van der Waals surface area contributed by atoms with Crippen LogP contribution in [-0.4, -0.2) is 18.3 Å². The van der Waals surface area contributed by atoms with E-state index in [4.69, 9.17) is 9.47 Å². The van der Waals surface area contributed by atoms with Gasteiger partial charge in [0.1, 0.15) is 0 Å². The summed E-state index contributed by atoms with van der Waals surface area (Å²) in [4.78, 5) is 0. The van der Waals surface area contributed by atoms with E-state index in [-0.39, 0.29) is 5.92 Å². The van der Waals surface area contributed by atoms with Crippen LogP contribution in [0.2, 0.25) is 0 Å². The smallest absolute Gasteiger partial charge is 0.161 e. The van der Waals surface area contributed by atoms with Crippen LogP contribution >= 0.6 is 0 Å². The first-order chi connectivity index (χ1) is 8.72. The van der Waals surface area contributed by atoms with Crippen LogP contribution in [0, 0.1) is 5.92 Å². The van der Waals surface area contributed by atoms with Crippen LogP contribution in [0.5, 0.6) is 11.5 Å². The molecule has 1 aliphatic heterocycles. The maximum absolute atomic E-state index is 10.3. The molecule has 1 heterocycles. The summed E-state index contributed by atoms with van der Waals surface area (Å²) in [6, 6.07) is 5.75. The molecule has 100 valence electrons. The number of aliphatic hydroxyl groups excluding tert-OH is 1. The summed E-state index contributed by atoms with van der Waals surface area (Å²) in [5, 5.41) is 10.3. The van der Waals surface area contributed by atoms with Crippen LogP contribution in [0.4, 0.5) is 0 Å². The standard InChI is InChI=1S/C15H22O3/c1-3-5-11(2)15(16)12-6-7-13-14(10-12)18-9-4-8-17-13/h6-7,10-11,15-16H,3-5,8-9H2,1-2H3. The molecule has 0 saturated carbocycles. The molecule has 0 aromatic heterocycles. The van der Waals surface area contributed by atoms with Gasteiger partial charge in [0.15, 0.2) is 11.5 Å². The maximum atomic E-state index is 10.3. The maximum Gasteiger partial charge on any atom is 0.161 e. The van der Waals surface area contributed by atoms with Gasteiger partial charge in [0.25, 0.3) is 0 Å². The lowest BCUT2D eigenvalue weighted by Gasteiger charge is -2.19. The van der Waals surface area contributed by atoms with Crippen molar-refractivity contribution in [1.29, 1.82) is 0 Å². The van der Waals surface area contributed by atoms with Crippen molar-refractivity contribution in [3.05, 3.63) is 23.8 Å². The first-order valence-corrected chi connectivity index (χ1v) is 6.80. The predicted molar refractivity (Wildman–Crippen MR) is 71.1 cm³/mol. The van der Waals surface area contributed by atoms with Crippen molar-refractivity contribution < 1.29 is 14.6 Å². The lowest BCUT2D eigenvalue weighted by Crippen LogP contribution is -2.09. The Morgan fingerprint density at radius 2 is 1.94 bits per heavy atom. The van der Waals surface area contributed by atoms with Crippen molar-refractivity contribution in [2.75, 3.05) is 13.2 Å². The summed E-state index contributed by atoms with van der Waals surface area (Å²) in [6.07, 6.45) is 2.58. The van der Waals surface area contributed by atoms with Gasteiger partial charge < -0.3 is 14.6 Å². The number of rotatable bonds is 4. The Bertz CT molecular complexity index is 389. The molecular weight excluding hydrogens is 228 g/mol. The molecule has 0 spiro atoms. The van der Waals surface area contributed by atoms with E-state index in [9.17, 15) is 5.11 Å². The van der Waals surface area contributed by atoms with E-state index in [0.717, 1.165) is 36.3 Å². The van der Waals surface area contributed by atoms with Crippen molar-refractivity contribution in [3.63, 3.8) is 0 Å². The Labute approximate surface area is 109 Å². The molecule has 3 heteroatoms. The first kappa shape index (κ1) is 13.2. The van der Waals surface area contributed by atoms with E-state index in [2.05, 4.69) is 13.8 Å². The predicted octanol–water partition coefficient (Wildman–Crippen LogP) is 3.32. The molecule has 2 rings (SSSR count). The number of fused-ring (bicyclic) bond motifs is 1. The highest BCUT2D eigenvalue weighted by Gasteiger charge is 2.18. The molecular formula is C15H22O3. The molecule has 0 radical (unpaired) electrons. The summed E-state index contributed by atoms with van der Waals surface area (Å²) >= 11 is 0. The molecule has 2 unspecified atom stereocenters. The Morgan fingerprint density at radius 1 is 1.22 bits per heavy atom. The zero-order valence-corrected chi connectivity index (χ0v) is 11.2. The second-order valence-corrected chi connectivity index (χ2v) is 4.97. The number of hydrogen-bond acceptors (Lipinski definition) is 3. The summed E-state index contributed by atoms with van der Waals surface area (Å²) in [7, 11) is 0. The monoisotopic (exact) mass is 250 g/mol. The third kappa shape index (κ3) is 2.96. The van der Waals surface area contributed by atoms with Gasteiger partial charge in [-0.05, 0) is 30.0 Å². The van der Waals surface area contributed by atoms with Gasteiger partial charge >= 0.3 is 0 Å². The highest BCUT2D eigenvalue weighted by atomic mass is 16.5. The average molecular weight is 250 g/mol. The van der Waals surface area contributed by atoms with E-state index < -0.39 is 6.10 Å². The van der Waals surface area contributed by atoms with Crippen molar-refractivity contribution in [3.8, 4) is 11.5 Å². The molecule has 0 aliphatic carbocycles. The average Bonchev–Trinajstić information content (AvgIpc) is 2.62. The van der Waals surface area contributed by atoms with Gasteiger partial charge in [0.2, 0.25) is 0 Å². The summed E-state index contributed by atoms with van der Waals surface area (Å²) < 4.78 is 11.2. The van der Waals surface area contributed by atoms with Gasteiger partial charge in [-0.15, -0.1) is 0 Å². The lowest BCUT2D eigenvalue weighted by molar-refractivity contribution is 0.112. The van der Waals surface area contributed by atoms with Crippen molar-refractivity contribution >= 4 is 0 Å². The Morgan fingerprint density at radius 3 is 2.67 bits per heavy atom. The molecule has 2 atom stereocenters. The third-order valence-corrected chi connectivity index (χ3v) is 3.40. The van der Waals surface area contributed by atoms with Crippen LogP contribution in [-0.2, 0) is 0 Å². The third-order valence-electron chi connectivity index (χ3n) is 3.40. The van der Waals surface area contributed by atoms with Gasteiger partial charge in [-0.3, -0.25) is 0 Å². The molecule has 0 amide bonds. The van der Waals surface area contributed by atoms with Crippen molar-refractivity contribution in [2.24, 2.45) is 5.92 Å². The van der Waals surface area contributed by atoms with E-state index in [1.54, 1.807) is 0 Å². The van der Waals surface area contributed by atoms with Gasteiger partial charge in [-0.1, -0.05) is 26.3 Å². The van der Waals surface area contributed by atoms with E-state index in [0.29, 0.717) is 13.2 Å². The van der Waals surface area contributed by atoms with Crippen LogP contribution in [0.25, 0.3) is 0 Å². The fourth-order valence-corrected chi connectivity index (χ4v) is 2.31. The molecule has 1 N–H and O–H groups in total. The van der Waals surface area contributed by atoms with Crippen LogP contribution in [0.15, 0.2) is 18.2 Å². The molecule has 0 fully saturated rings. The van der Waals surface area contributed by atoms with E-state index in [1.807, 2.05) is 18.2 Å². The lowest BCUT2D eigenvalue weighted by atomic mass is 9.93. The van der Waals surface area contributed by atoms with Gasteiger partial charge in [-0.25, -0.2) is 0 Å². The molecule has 3 nitrogen and oxygen atoms in total. The fraction of sp³-hybridized carbons (Fsp3) is 0.600. The summed E-state index contributed by atoms with van der Waals surface area (Å²) in [5.74, 6) is 1.80. The molecule has 1 aliphatic rings. The highest BCUT2D eigenvalue weighted by Crippen LogP contribution is 2.34. The van der Waals surface area contributed by atoms with Gasteiger partial charge in [0, 0.05) is 6.42 Å². The second kappa shape index (κ2) is 6.10. The fourth-order valence-electron chi connectivity index (χ4n) is 2.31. The minimum Gasteiger partial charge on any atom is -0.490 e. The van der Waals surface area contributed by atoms with Gasteiger partial charge in [0.05, 0.1) is 19.3 Å². The zero-order chi connectivity index (χ0) is 13.0. The second-order valence-electron chi connectivity index (χ2n) is 4.97. The summed E-state index contributed by atoms with van der Waals surface area (Å²) in [6.45, 7) is 5.59. The molecule has 1 aromatic rings. The number of aliphatic hydroxyl groups is 1. The minimum atomic E-state index is -0.429. The van der Waals surface area contributed by atoms with E-state index in [1.165, 1.54) is 0 Å². The molecule has 18 heavy (non-hydrogen) atoms. The Hall–Kier alpha value is -1.22. The number of ether oxygens (including phenoxy) is 2. The van der Waals surface area contributed by atoms with Crippen LogP contribution < -0.4 is 9.47 Å². The van der Waals surface area contributed by atoms with Crippen molar-refractivity contribution in [1.82, 2.24) is 0 Å².